The summed E-state index contributed by atoms with van der Waals surface area (Å²) in [6, 6.07) is 9.89. The third-order valence-corrected chi connectivity index (χ3v) is 3.14. The highest BCUT2D eigenvalue weighted by Gasteiger charge is 2.35. The van der Waals surface area contributed by atoms with E-state index in [1.165, 1.54) is 0 Å². The molecule has 80 valence electrons. The number of amides is 1. The van der Waals surface area contributed by atoms with Crippen LogP contribution in [0.15, 0.2) is 30.3 Å². The molecule has 1 heterocycles. The molecule has 1 atom stereocenters. The number of rotatable bonds is 2. The Morgan fingerprint density at radius 3 is 2.60 bits per heavy atom. The standard InChI is InChI=1S/C12H15NO2/c14-9-12(7-6-11(15)13-8-12)10-4-2-1-3-5-10/h1-5,14H,6-9H2,(H,13,15)/t12-/m0/s1. The van der Waals surface area contributed by atoms with Crippen molar-refractivity contribution in [3.8, 4) is 0 Å². The first-order valence-electron chi connectivity index (χ1n) is 5.20. The molecule has 0 spiro atoms. The van der Waals surface area contributed by atoms with Gasteiger partial charge >= 0.3 is 0 Å². The maximum absolute atomic E-state index is 11.1. The normalized spacial score (nSPS) is 26.1. The quantitative estimate of drug-likeness (QED) is 0.751. The minimum absolute atomic E-state index is 0.0787. The van der Waals surface area contributed by atoms with Crippen LogP contribution in [0, 0.1) is 0 Å². The summed E-state index contributed by atoms with van der Waals surface area (Å²) in [5, 5.41) is 12.4. The summed E-state index contributed by atoms with van der Waals surface area (Å²) in [5.41, 5.74) is 0.822. The van der Waals surface area contributed by atoms with E-state index in [-0.39, 0.29) is 17.9 Å². The number of carbonyl (C=O) groups excluding carboxylic acids is 1. The first-order valence-corrected chi connectivity index (χ1v) is 5.20. The lowest BCUT2D eigenvalue weighted by Gasteiger charge is -2.36. The number of carbonyl (C=O) groups is 1. The highest BCUT2D eigenvalue weighted by molar-refractivity contribution is 5.77. The predicted octanol–water partition coefficient (Wildman–Crippen LogP) is 0.827. The Kier molecular flexibility index (Phi) is 2.73. The summed E-state index contributed by atoms with van der Waals surface area (Å²) in [6.45, 7) is 0.615. The molecule has 0 aromatic heterocycles. The van der Waals surface area contributed by atoms with Gasteiger partial charge in [0.2, 0.25) is 5.91 Å². The van der Waals surface area contributed by atoms with Gasteiger partial charge in [0.25, 0.3) is 0 Å². The number of hydrogen-bond donors (Lipinski definition) is 2. The number of nitrogens with one attached hydrogen (secondary N) is 1. The summed E-state index contributed by atoms with van der Waals surface area (Å²) >= 11 is 0. The van der Waals surface area contributed by atoms with Gasteiger partial charge in [-0.1, -0.05) is 30.3 Å². The Balaban J connectivity index is 2.26. The van der Waals surface area contributed by atoms with E-state index in [4.69, 9.17) is 0 Å². The van der Waals surface area contributed by atoms with Crippen molar-refractivity contribution in [3.05, 3.63) is 35.9 Å². The van der Waals surface area contributed by atoms with Crippen LogP contribution in [0.5, 0.6) is 0 Å². The molecular formula is C12H15NO2. The molecule has 2 N–H and O–H groups in total. The Morgan fingerprint density at radius 1 is 1.33 bits per heavy atom. The minimum Gasteiger partial charge on any atom is -0.395 e. The van der Waals surface area contributed by atoms with Crippen molar-refractivity contribution in [2.24, 2.45) is 0 Å². The molecule has 15 heavy (non-hydrogen) atoms. The van der Waals surface area contributed by atoms with Crippen LogP contribution in [-0.2, 0) is 10.2 Å². The smallest absolute Gasteiger partial charge is 0.220 e. The van der Waals surface area contributed by atoms with Gasteiger partial charge in [0, 0.05) is 18.4 Å². The molecule has 1 aromatic rings. The number of aliphatic hydroxyl groups excluding tert-OH is 1. The van der Waals surface area contributed by atoms with Gasteiger partial charge in [0.05, 0.1) is 6.61 Å². The van der Waals surface area contributed by atoms with Crippen LogP contribution in [0.25, 0.3) is 0 Å². The van der Waals surface area contributed by atoms with Crippen molar-refractivity contribution in [3.63, 3.8) is 0 Å². The maximum Gasteiger partial charge on any atom is 0.220 e. The highest BCUT2D eigenvalue weighted by atomic mass is 16.3. The fourth-order valence-electron chi connectivity index (χ4n) is 2.06. The van der Waals surface area contributed by atoms with Gasteiger partial charge in [0.15, 0.2) is 0 Å². The van der Waals surface area contributed by atoms with Gasteiger partial charge in [-0.25, -0.2) is 0 Å². The van der Waals surface area contributed by atoms with Gasteiger partial charge in [0.1, 0.15) is 0 Å². The minimum atomic E-state index is -0.283. The molecule has 0 aliphatic carbocycles. The maximum atomic E-state index is 11.1. The monoisotopic (exact) mass is 205 g/mol. The van der Waals surface area contributed by atoms with Crippen LogP contribution in [0.2, 0.25) is 0 Å². The van der Waals surface area contributed by atoms with E-state index in [0.29, 0.717) is 13.0 Å². The Hall–Kier alpha value is -1.35. The molecule has 0 bridgehead atoms. The third-order valence-electron chi connectivity index (χ3n) is 3.14. The molecule has 1 amide bonds. The fraction of sp³-hybridized carbons (Fsp3) is 0.417. The van der Waals surface area contributed by atoms with Crippen molar-refractivity contribution >= 4 is 5.91 Å². The number of hydrogen-bond acceptors (Lipinski definition) is 2. The van der Waals surface area contributed by atoms with E-state index in [1.807, 2.05) is 30.3 Å². The Morgan fingerprint density at radius 2 is 2.07 bits per heavy atom. The van der Waals surface area contributed by atoms with Crippen molar-refractivity contribution in [2.45, 2.75) is 18.3 Å². The molecule has 3 nitrogen and oxygen atoms in total. The molecular weight excluding hydrogens is 190 g/mol. The van der Waals surface area contributed by atoms with Crippen molar-refractivity contribution in [2.75, 3.05) is 13.2 Å². The molecule has 0 saturated carbocycles. The second kappa shape index (κ2) is 4.03. The summed E-state index contributed by atoms with van der Waals surface area (Å²) < 4.78 is 0. The van der Waals surface area contributed by atoms with Gasteiger partial charge in [-0.05, 0) is 12.0 Å². The zero-order valence-electron chi connectivity index (χ0n) is 8.57. The first kappa shape index (κ1) is 10.2. The zero-order chi connectivity index (χ0) is 10.7. The lowest BCUT2D eigenvalue weighted by Crippen LogP contribution is -2.48. The van der Waals surface area contributed by atoms with Crippen LogP contribution < -0.4 is 5.32 Å². The molecule has 1 aromatic carbocycles. The fourth-order valence-corrected chi connectivity index (χ4v) is 2.06. The molecule has 1 aliphatic heterocycles. The van der Waals surface area contributed by atoms with Gasteiger partial charge in [-0.15, -0.1) is 0 Å². The van der Waals surface area contributed by atoms with Crippen LogP contribution >= 0.6 is 0 Å². The van der Waals surface area contributed by atoms with E-state index in [0.717, 1.165) is 12.0 Å². The van der Waals surface area contributed by atoms with Gasteiger partial charge < -0.3 is 10.4 Å². The Labute approximate surface area is 89.1 Å². The predicted molar refractivity (Wildman–Crippen MR) is 57.4 cm³/mol. The molecule has 0 radical (unpaired) electrons. The van der Waals surface area contributed by atoms with Gasteiger partial charge in [-0.2, -0.15) is 0 Å². The molecule has 3 heteroatoms. The SMILES string of the molecule is O=C1CC[C@](CO)(c2ccccc2)CN1. The largest absolute Gasteiger partial charge is 0.395 e. The zero-order valence-corrected chi connectivity index (χ0v) is 8.57. The van der Waals surface area contributed by atoms with E-state index < -0.39 is 0 Å². The van der Waals surface area contributed by atoms with Crippen molar-refractivity contribution < 1.29 is 9.90 Å². The second-order valence-corrected chi connectivity index (χ2v) is 4.08. The molecule has 2 rings (SSSR count). The summed E-state index contributed by atoms with van der Waals surface area (Å²) in [7, 11) is 0. The van der Waals surface area contributed by atoms with E-state index in [2.05, 4.69) is 5.32 Å². The van der Waals surface area contributed by atoms with Crippen LogP contribution in [0.1, 0.15) is 18.4 Å². The molecule has 1 aliphatic rings. The summed E-state index contributed by atoms with van der Waals surface area (Å²) in [5.74, 6) is 0.0787. The molecule has 1 fully saturated rings. The van der Waals surface area contributed by atoms with Crippen LogP contribution in [-0.4, -0.2) is 24.2 Å². The molecule has 0 unspecified atom stereocenters. The van der Waals surface area contributed by atoms with E-state index in [1.54, 1.807) is 0 Å². The van der Waals surface area contributed by atoms with Crippen molar-refractivity contribution in [1.29, 1.82) is 0 Å². The average molecular weight is 205 g/mol. The van der Waals surface area contributed by atoms with Crippen molar-refractivity contribution in [1.82, 2.24) is 5.32 Å². The molecule has 1 saturated heterocycles. The van der Waals surface area contributed by atoms with E-state index >= 15 is 0 Å². The topological polar surface area (TPSA) is 49.3 Å². The third kappa shape index (κ3) is 1.88. The van der Waals surface area contributed by atoms with Crippen LogP contribution in [0.3, 0.4) is 0 Å². The number of aliphatic hydroxyl groups is 1. The highest BCUT2D eigenvalue weighted by Crippen LogP contribution is 2.30. The summed E-state index contributed by atoms with van der Waals surface area (Å²) in [4.78, 5) is 11.1. The first-order chi connectivity index (χ1) is 7.27. The Bertz CT molecular complexity index is 338. The van der Waals surface area contributed by atoms with E-state index in [9.17, 15) is 9.90 Å². The second-order valence-electron chi connectivity index (χ2n) is 4.08. The van der Waals surface area contributed by atoms with Gasteiger partial charge in [-0.3, -0.25) is 4.79 Å². The summed E-state index contributed by atoms with van der Waals surface area (Å²) in [6.07, 6.45) is 1.22. The number of piperidine rings is 1. The van der Waals surface area contributed by atoms with Crippen LogP contribution in [0.4, 0.5) is 0 Å². The lowest BCUT2D eigenvalue weighted by atomic mass is 9.75. The number of benzene rings is 1. The lowest BCUT2D eigenvalue weighted by molar-refractivity contribution is -0.123. The average Bonchev–Trinajstić information content (AvgIpc) is 2.32.